The number of halogens is 1. The number of rotatable bonds is 5. The highest BCUT2D eigenvalue weighted by Crippen LogP contribution is 2.17. The predicted molar refractivity (Wildman–Crippen MR) is 90.2 cm³/mol. The van der Waals surface area contributed by atoms with E-state index in [0.717, 1.165) is 25.0 Å². The van der Waals surface area contributed by atoms with Gasteiger partial charge in [-0.25, -0.2) is 27.5 Å². The van der Waals surface area contributed by atoms with Gasteiger partial charge in [-0.2, -0.15) is 0 Å². The molecule has 2 aromatic rings. The van der Waals surface area contributed by atoms with Crippen molar-refractivity contribution in [1.82, 2.24) is 14.7 Å². The molecule has 1 N–H and O–H groups in total. The van der Waals surface area contributed by atoms with Crippen molar-refractivity contribution in [1.29, 1.82) is 0 Å². The summed E-state index contributed by atoms with van der Waals surface area (Å²) in [6, 6.07) is 5.34. The maximum absolute atomic E-state index is 13.2. The molecule has 0 saturated carbocycles. The molecule has 7 nitrogen and oxygen atoms in total. The number of sulfonamides is 1. The van der Waals surface area contributed by atoms with Gasteiger partial charge in [-0.15, -0.1) is 0 Å². The largest absolute Gasteiger partial charge is 0.378 e. The number of ether oxygens (including phenoxy) is 1. The molecule has 1 aliphatic heterocycles. The summed E-state index contributed by atoms with van der Waals surface area (Å²) in [5.74, 6) is 0.635. The number of nitrogens with zero attached hydrogens (tertiary/aromatic N) is 3. The van der Waals surface area contributed by atoms with E-state index in [1.54, 1.807) is 19.2 Å². The van der Waals surface area contributed by atoms with E-state index in [0.29, 0.717) is 24.6 Å². The van der Waals surface area contributed by atoms with Crippen LogP contribution in [0.15, 0.2) is 35.4 Å². The van der Waals surface area contributed by atoms with Crippen LogP contribution >= 0.6 is 0 Å². The molecule has 2 heterocycles. The minimum absolute atomic E-state index is 0.0400. The van der Waals surface area contributed by atoms with Gasteiger partial charge in [-0.05, 0) is 36.8 Å². The van der Waals surface area contributed by atoms with E-state index < -0.39 is 15.8 Å². The summed E-state index contributed by atoms with van der Waals surface area (Å²) >= 11 is 0. The zero-order chi connectivity index (χ0) is 17.9. The Morgan fingerprint density at radius 3 is 2.76 bits per heavy atom. The second-order valence-electron chi connectivity index (χ2n) is 5.66. The first-order chi connectivity index (χ1) is 12.0. The Bertz CT molecular complexity index is 854. The number of aryl methyl sites for hydroxylation is 1. The molecule has 1 aromatic heterocycles. The van der Waals surface area contributed by atoms with Crippen LogP contribution in [0.1, 0.15) is 11.4 Å². The highest BCUT2D eigenvalue weighted by atomic mass is 32.2. The Morgan fingerprint density at radius 2 is 2.04 bits per heavy atom. The Labute approximate surface area is 145 Å². The number of morpholine rings is 1. The predicted octanol–water partition coefficient (Wildman–Crippen LogP) is 1.24. The third-order valence-corrected chi connectivity index (χ3v) is 5.43. The van der Waals surface area contributed by atoms with E-state index in [4.69, 9.17) is 4.74 Å². The van der Waals surface area contributed by atoms with Gasteiger partial charge < -0.3 is 9.64 Å². The molecular formula is C16H19FN4O3S. The molecule has 0 unspecified atom stereocenters. The fourth-order valence-electron chi connectivity index (χ4n) is 2.59. The first-order valence-electron chi connectivity index (χ1n) is 7.86. The van der Waals surface area contributed by atoms with Crippen molar-refractivity contribution < 1.29 is 17.5 Å². The number of hydrogen-bond donors (Lipinski definition) is 1. The molecule has 0 radical (unpaired) electrons. The van der Waals surface area contributed by atoms with E-state index in [1.807, 2.05) is 0 Å². The molecule has 0 amide bonds. The van der Waals surface area contributed by atoms with Crippen LogP contribution in [0, 0.1) is 12.7 Å². The van der Waals surface area contributed by atoms with Gasteiger partial charge in [0, 0.05) is 19.3 Å². The lowest BCUT2D eigenvalue weighted by Crippen LogP contribution is -2.37. The molecule has 1 aromatic carbocycles. The van der Waals surface area contributed by atoms with Gasteiger partial charge in [0.1, 0.15) is 17.5 Å². The average Bonchev–Trinajstić information content (AvgIpc) is 2.61. The lowest BCUT2D eigenvalue weighted by atomic mass is 10.2. The van der Waals surface area contributed by atoms with Crippen molar-refractivity contribution >= 4 is 15.8 Å². The number of aromatic nitrogens is 2. The molecule has 0 aliphatic carbocycles. The van der Waals surface area contributed by atoms with Crippen LogP contribution in [0.5, 0.6) is 0 Å². The topological polar surface area (TPSA) is 84.4 Å². The quantitative estimate of drug-likeness (QED) is 0.857. The summed E-state index contributed by atoms with van der Waals surface area (Å²) in [5.41, 5.74) is 0.343. The third kappa shape index (κ3) is 4.30. The zero-order valence-electron chi connectivity index (χ0n) is 13.8. The average molecular weight is 366 g/mol. The number of nitrogens with one attached hydrogen (secondary N) is 1. The Hall–Kier alpha value is -2.10. The summed E-state index contributed by atoms with van der Waals surface area (Å²) in [7, 11) is -3.77. The van der Waals surface area contributed by atoms with Gasteiger partial charge in [0.05, 0.1) is 24.7 Å². The molecule has 1 aliphatic rings. The maximum atomic E-state index is 13.2. The van der Waals surface area contributed by atoms with Crippen LogP contribution in [-0.2, 0) is 21.3 Å². The van der Waals surface area contributed by atoms with Gasteiger partial charge in [0.25, 0.3) is 0 Å². The van der Waals surface area contributed by atoms with Crippen LogP contribution in [0.3, 0.4) is 0 Å². The van der Waals surface area contributed by atoms with Crippen LogP contribution < -0.4 is 9.62 Å². The second kappa shape index (κ2) is 7.42. The standard InChI is InChI=1S/C16H19FN4O3S/c1-12-10-13(17)2-3-14(12)25(22,23)19-11-15-18-5-4-16(20-15)21-6-8-24-9-7-21/h2-5,10,19H,6-9,11H2,1H3. The molecule has 9 heteroatoms. The highest BCUT2D eigenvalue weighted by molar-refractivity contribution is 7.89. The minimum atomic E-state index is -3.77. The normalized spacial score (nSPS) is 15.4. The number of hydrogen-bond acceptors (Lipinski definition) is 6. The molecule has 0 atom stereocenters. The van der Waals surface area contributed by atoms with Crippen molar-refractivity contribution in [3.8, 4) is 0 Å². The van der Waals surface area contributed by atoms with Gasteiger partial charge in [0.15, 0.2) is 0 Å². The summed E-state index contributed by atoms with van der Waals surface area (Å²) in [5, 5.41) is 0. The Morgan fingerprint density at radius 1 is 1.28 bits per heavy atom. The summed E-state index contributed by atoms with van der Waals surface area (Å²) in [6.07, 6.45) is 1.60. The molecule has 1 saturated heterocycles. The molecule has 1 fully saturated rings. The van der Waals surface area contributed by atoms with Gasteiger partial charge in [-0.3, -0.25) is 0 Å². The monoisotopic (exact) mass is 366 g/mol. The van der Waals surface area contributed by atoms with Crippen molar-refractivity contribution in [2.75, 3.05) is 31.2 Å². The minimum Gasteiger partial charge on any atom is -0.378 e. The second-order valence-corrected chi connectivity index (χ2v) is 7.40. The molecule has 0 bridgehead atoms. The summed E-state index contributed by atoms with van der Waals surface area (Å²) < 4.78 is 45.7. The molecule has 134 valence electrons. The van der Waals surface area contributed by atoms with Gasteiger partial charge in [0.2, 0.25) is 10.0 Å². The fourth-order valence-corrected chi connectivity index (χ4v) is 3.80. The number of anilines is 1. The SMILES string of the molecule is Cc1cc(F)ccc1S(=O)(=O)NCc1nccc(N2CCOCC2)n1. The van der Waals surface area contributed by atoms with Crippen LogP contribution in [0.4, 0.5) is 10.2 Å². The Balaban J connectivity index is 1.72. The van der Waals surface area contributed by atoms with E-state index in [2.05, 4.69) is 19.6 Å². The van der Waals surface area contributed by atoms with E-state index in [1.165, 1.54) is 12.1 Å². The summed E-state index contributed by atoms with van der Waals surface area (Å²) in [6.45, 7) is 4.24. The van der Waals surface area contributed by atoms with Crippen molar-refractivity contribution in [2.45, 2.75) is 18.4 Å². The fraction of sp³-hybridized carbons (Fsp3) is 0.375. The van der Waals surface area contributed by atoms with Crippen LogP contribution in [0.2, 0.25) is 0 Å². The van der Waals surface area contributed by atoms with Crippen LogP contribution in [-0.4, -0.2) is 44.7 Å². The van der Waals surface area contributed by atoms with Crippen molar-refractivity contribution in [3.63, 3.8) is 0 Å². The first kappa shape index (κ1) is 17.7. The lowest BCUT2D eigenvalue weighted by molar-refractivity contribution is 0.122. The zero-order valence-corrected chi connectivity index (χ0v) is 14.6. The smallest absolute Gasteiger partial charge is 0.241 e. The van der Waals surface area contributed by atoms with E-state index >= 15 is 0 Å². The molecule has 25 heavy (non-hydrogen) atoms. The van der Waals surface area contributed by atoms with Gasteiger partial charge >= 0.3 is 0 Å². The first-order valence-corrected chi connectivity index (χ1v) is 9.34. The van der Waals surface area contributed by atoms with E-state index in [-0.39, 0.29) is 11.4 Å². The maximum Gasteiger partial charge on any atom is 0.241 e. The van der Waals surface area contributed by atoms with Crippen LogP contribution in [0.25, 0.3) is 0 Å². The highest BCUT2D eigenvalue weighted by Gasteiger charge is 2.18. The Kier molecular flexibility index (Phi) is 5.26. The van der Waals surface area contributed by atoms with Crippen molar-refractivity contribution in [3.05, 3.63) is 47.7 Å². The molecule has 3 rings (SSSR count). The molecule has 0 spiro atoms. The number of benzene rings is 1. The summed E-state index contributed by atoms with van der Waals surface area (Å²) in [4.78, 5) is 10.6. The van der Waals surface area contributed by atoms with E-state index in [9.17, 15) is 12.8 Å². The lowest BCUT2D eigenvalue weighted by Gasteiger charge is -2.27. The van der Waals surface area contributed by atoms with Gasteiger partial charge in [-0.1, -0.05) is 0 Å². The molecular weight excluding hydrogens is 347 g/mol. The third-order valence-electron chi connectivity index (χ3n) is 3.87. The van der Waals surface area contributed by atoms with Crippen molar-refractivity contribution in [2.24, 2.45) is 0 Å².